The van der Waals surface area contributed by atoms with Gasteiger partial charge in [-0.15, -0.1) is 0 Å². The van der Waals surface area contributed by atoms with Gasteiger partial charge in [0, 0.05) is 37.4 Å². The summed E-state index contributed by atoms with van der Waals surface area (Å²) in [6.07, 6.45) is 4.91. The molecule has 9 heteroatoms. The summed E-state index contributed by atoms with van der Waals surface area (Å²) in [5.74, 6) is -3.97. The maximum atomic E-state index is 11.3. The summed E-state index contributed by atoms with van der Waals surface area (Å²) in [6.45, 7) is 3.66. The number of aliphatic carboxylic acids is 2. The van der Waals surface area contributed by atoms with Crippen LogP contribution in [0, 0.1) is 0 Å². The first-order valence-corrected chi connectivity index (χ1v) is 7.73. The van der Waals surface area contributed by atoms with Crippen LogP contribution in [0.2, 0.25) is 0 Å². The molecule has 0 unspecified atom stereocenters. The molecule has 2 N–H and O–H groups in total. The molecule has 0 heterocycles. The number of carboxylic acid groups (broad SMARTS) is 2. The molecule has 0 aliphatic carbocycles. The Kier molecular flexibility index (Phi) is 12.3. The average molecular weight is 357 g/mol. The van der Waals surface area contributed by atoms with Gasteiger partial charge in [0.05, 0.1) is 0 Å². The van der Waals surface area contributed by atoms with Crippen LogP contribution in [0.15, 0.2) is 24.3 Å². The zero-order chi connectivity index (χ0) is 19.1. The number of ether oxygens (including phenoxy) is 2. The van der Waals surface area contributed by atoms with Crippen molar-refractivity contribution in [2.75, 3.05) is 32.8 Å². The van der Waals surface area contributed by atoms with Gasteiger partial charge in [0.1, 0.15) is 13.2 Å². The number of esters is 2. The first-order valence-electron chi connectivity index (χ1n) is 7.73. The molecule has 0 aromatic heterocycles. The van der Waals surface area contributed by atoms with Crippen LogP contribution in [0.4, 0.5) is 0 Å². The topological polar surface area (TPSA) is 130 Å². The molecule has 0 saturated carbocycles. The summed E-state index contributed by atoms with van der Waals surface area (Å²) < 4.78 is 9.76. The molecule has 0 aromatic carbocycles. The third kappa shape index (κ3) is 14.6. The Labute approximate surface area is 145 Å². The van der Waals surface area contributed by atoms with Crippen LogP contribution >= 0.6 is 0 Å². The Balaban J connectivity index is 4.19. The fraction of sp³-hybridized carbons (Fsp3) is 0.500. The summed E-state index contributed by atoms with van der Waals surface area (Å²) in [5.41, 5.74) is 0. The molecule has 0 bridgehead atoms. The largest absolute Gasteiger partial charge is 0.478 e. The van der Waals surface area contributed by atoms with Crippen molar-refractivity contribution in [1.29, 1.82) is 0 Å². The van der Waals surface area contributed by atoms with E-state index in [2.05, 4.69) is 0 Å². The minimum atomic E-state index is -1.24. The van der Waals surface area contributed by atoms with E-state index in [9.17, 15) is 19.2 Å². The molecule has 0 atom stereocenters. The second kappa shape index (κ2) is 13.7. The van der Waals surface area contributed by atoms with Gasteiger partial charge in [-0.3, -0.25) is 4.90 Å². The van der Waals surface area contributed by atoms with Crippen molar-refractivity contribution < 1.29 is 38.9 Å². The molecule has 0 rings (SSSR count). The predicted molar refractivity (Wildman–Crippen MR) is 86.8 cm³/mol. The zero-order valence-electron chi connectivity index (χ0n) is 14.1. The number of hydrogen-bond acceptors (Lipinski definition) is 7. The highest BCUT2D eigenvalue weighted by molar-refractivity contribution is 5.91. The van der Waals surface area contributed by atoms with Crippen LogP contribution in [0.25, 0.3) is 0 Å². The molecule has 140 valence electrons. The zero-order valence-corrected chi connectivity index (χ0v) is 14.1. The van der Waals surface area contributed by atoms with Crippen LogP contribution in [0.5, 0.6) is 0 Å². The monoisotopic (exact) mass is 357 g/mol. The van der Waals surface area contributed by atoms with E-state index in [0.717, 1.165) is 25.0 Å². The quantitative estimate of drug-likeness (QED) is 0.356. The van der Waals surface area contributed by atoms with Crippen LogP contribution in [-0.4, -0.2) is 71.8 Å². The van der Waals surface area contributed by atoms with Gasteiger partial charge in [0.25, 0.3) is 0 Å². The highest BCUT2D eigenvalue weighted by Crippen LogP contribution is 1.97. The smallest absolute Gasteiger partial charge is 0.331 e. The Morgan fingerprint density at radius 1 is 0.800 bits per heavy atom. The summed E-state index contributed by atoms with van der Waals surface area (Å²) in [4.78, 5) is 45.0. The molecule has 0 radical (unpaired) electrons. The lowest BCUT2D eigenvalue weighted by Gasteiger charge is -2.21. The van der Waals surface area contributed by atoms with E-state index in [1.54, 1.807) is 0 Å². The third-order valence-corrected chi connectivity index (χ3v) is 2.86. The molecule has 0 aromatic rings. The number of nitrogens with zero attached hydrogens (tertiary/aromatic N) is 1. The molecule has 0 spiro atoms. The van der Waals surface area contributed by atoms with Crippen molar-refractivity contribution in [2.24, 2.45) is 0 Å². The Bertz CT molecular complexity index is 470. The number of hydrogen-bond donors (Lipinski definition) is 2. The summed E-state index contributed by atoms with van der Waals surface area (Å²) in [5, 5.41) is 16.8. The van der Waals surface area contributed by atoms with E-state index in [1.807, 2.05) is 11.8 Å². The normalized spacial score (nSPS) is 11.1. The van der Waals surface area contributed by atoms with Crippen molar-refractivity contribution in [1.82, 2.24) is 4.90 Å². The van der Waals surface area contributed by atoms with Gasteiger partial charge in [-0.25, -0.2) is 19.2 Å². The van der Waals surface area contributed by atoms with E-state index in [4.69, 9.17) is 19.7 Å². The minimum Gasteiger partial charge on any atom is -0.478 e. The number of carboxylic acids is 2. The summed E-state index contributed by atoms with van der Waals surface area (Å²) >= 11 is 0. The maximum Gasteiger partial charge on any atom is 0.331 e. The third-order valence-electron chi connectivity index (χ3n) is 2.86. The molecule has 0 aliphatic rings. The van der Waals surface area contributed by atoms with Gasteiger partial charge in [0.15, 0.2) is 0 Å². The van der Waals surface area contributed by atoms with E-state index in [-0.39, 0.29) is 13.2 Å². The Morgan fingerprint density at radius 2 is 1.24 bits per heavy atom. The summed E-state index contributed by atoms with van der Waals surface area (Å²) in [6, 6.07) is 0. The first kappa shape index (κ1) is 22.3. The van der Waals surface area contributed by atoms with Crippen LogP contribution in [0.1, 0.15) is 19.8 Å². The highest BCUT2D eigenvalue weighted by atomic mass is 16.5. The number of unbranched alkanes of at least 4 members (excludes halogenated alkanes) is 1. The maximum absolute atomic E-state index is 11.3. The van der Waals surface area contributed by atoms with Crippen molar-refractivity contribution in [3.05, 3.63) is 24.3 Å². The Hall–Kier alpha value is -2.68. The lowest BCUT2D eigenvalue weighted by Crippen LogP contribution is -2.32. The van der Waals surface area contributed by atoms with Crippen molar-refractivity contribution in [2.45, 2.75) is 19.8 Å². The van der Waals surface area contributed by atoms with E-state index in [0.29, 0.717) is 31.8 Å². The molecule has 0 saturated heterocycles. The fourth-order valence-electron chi connectivity index (χ4n) is 1.64. The van der Waals surface area contributed by atoms with Crippen LogP contribution in [-0.2, 0) is 28.7 Å². The standard InChI is InChI=1S/C16H23NO8/c1-2-3-8-17(9-11-24-15(22)6-4-13(18)19)10-12-25-16(23)7-5-14(20)21/h4-7H,2-3,8-12H2,1H3,(H,18,19)(H,20,21). The van der Waals surface area contributed by atoms with Crippen LogP contribution < -0.4 is 0 Å². The SMILES string of the molecule is CCCCN(CCOC(=O)C=CC(=O)O)CCOC(=O)C=CC(=O)O. The van der Waals surface area contributed by atoms with Crippen LogP contribution in [0.3, 0.4) is 0 Å². The predicted octanol–water partition coefficient (Wildman–Crippen LogP) is 0.457. The molecule has 0 aliphatic heterocycles. The van der Waals surface area contributed by atoms with Crippen molar-refractivity contribution >= 4 is 23.9 Å². The van der Waals surface area contributed by atoms with Gasteiger partial charge in [-0.1, -0.05) is 13.3 Å². The summed E-state index contributed by atoms with van der Waals surface area (Å²) in [7, 11) is 0. The molecular weight excluding hydrogens is 334 g/mol. The lowest BCUT2D eigenvalue weighted by molar-refractivity contribution is -0.139. The molecule has 25 heavy (non-hydrogen) atoms. The van der Waals surface area contributed by atoms with Gasteiger partial charge < -0.3 is 19.7 Å². The minimum absolute atomic E-state index is 0.0688. The average Bonchev–Trinajstić information content (AvgIpc) is 2.55. The molecular formula is C16H23NO8. The van der Waals surface area contributed by atoms with Crippen molar-refractivity contribution in [3.63, 3.8) is 0 Å². The lowest BCUT2D eigenvalue weighted by atomic mass is 10.3. The van der Waals surface area contributed by atoms with Gasteiger partial charge in [0.2, 0.25) is 0 Å². The fourth-order valence-corrected chi connectivity index (χ4v) is 1.64. The van der Waals surface area contributed by atoms with E-state index < -0.39 is 23.9 Å². The van der Waals surface area contributed by atoms with Gasteiger partial charge in [-0.2, -0.15) is 0 Å². The molecule has 0 amide bonds. The van der Waals surface area contributed by atoms with Gasteiger partial charge >= 0.3 is 23.9 Å². The number of rotatable bonds is 13. The van der Waals surface area contributed by atoms with Crippen molar-refractivity contribution in [3.8, 4) is 0 Å². The molecule has 0 fully saturated rings. The first-order chi connectivity index (χ1) is 11.8. The van der Waals surface area contributed by atoms with E-state index >= 15 is 0 Å². The number of carbonyl (C=O) groups is 4. The van der Waals surface area contributed by atoms with E-state index in [1.165, 1.54) is 0 Å². The number of carbonyl (C=O) groups excluding carboxylic acids is 2. The Morgan fingerprint density at radius 3 is 1.60 bits per heavy atom. The highest BCUT2D eigenvalue weighted by Gasteiger charge is 2.07. The second-order valence-corrected chi connectivity index (χ2v) is 4.87. The second-order valence-electron chi connectivity index (χ2n) is 4.87. The van der Waals surface area contributed by atoms with Gasteiger partial charge in [-0.05, 0) is 13.0 Å². The molecule has 9 nitrogen and oxygen atoms in total.